The third-order valence-electron chi connectivity index (χ3n) is 4.21. The van der Waals surface area contributed by atoms with Crippen molar-refractivity contribution in [3.8, 4) is 5.75 Å². The molecule has 0 aromatic heterocycles. The van der Waals surface area contributed by atoms with Gasteiger partial charge in [-0.2, -0.15) is 0 Å². The lowest BCUT2D eigenvalue weighted by Gasteiger charge is -2.17. The van der Waals surface area contributed by atoms with Gasteiger partial charge < -0.3 is 10.1 Å². The summed E-state index contributed by atoms with van der Waals surface area (Å²) >= 11 is 0. The molecule has 0 spiro atoms. The van der Waals surface area contributed by atoms with Gasteiger partial charge in [0.05, 0.1) is 12.7 Å². The molecular weight excluding hydrogens is 288 g/mol. The number of benzene rings is 2. The van der Waals surface area contributed by atoms with Gasteiger partial charge in [-0.05, 0) is 24.1 Å². The van der Waals surface area contributed by atoms with Gasteiger partial charge in [0, 0.05) is 25.7 Å². The highest BCUT2D eigenvalue weighted by atomic mass is 16.5. The predicted octanol–water partition coefficient (Wildman–Crippen LogP) is 2.70. The summed E-state index contributed by atoms with van der Waals surface area (Å²) in [7, 11) is 1.59. The maximum absolute atomic E-state index is 12.4. The minimum Gasteiger partial charge on any atom is -0.496 e. The molecule has 1 atom stereocenters. The Kier molecular flexibility index (Phi) is 4.93. The smallest absolute Gasteiger partial charge is 0.255 e. The topological polar surface area (TPSA) is 41.6 Å². The van der Waals surface area contributed by atoms with E-state index < -0.39 is 0 Å². The Morgan fingerprint density at radius 1 is 1.17 bits per heavy atom. The fourth-order valence-electron chi connectivity index (χ4n) is 3.03. The molecule has 0 saturated carbocycles. The van der Waals surface area contributed by atoms with Crippen LogP contribution in [0.4, 0.5) is 0 Å². The second-order valence-corrected chi connectivity index (χ2v) is 5.88. The van der Waals surface area contributed by atoms with E-state index in [4.69, 9.17) is 4.74 Å². The first kappa shape index (κ1) is 15.6. The molecule has 1 unspecified atom stereocenters. The van der Waals surface area contributed by atoms with Gasteiger partial charge in [0.25, 0.3) is 5.91 Å². The quantitative estimate of drug-likeness (QED) is 0.923. The number of nitrogens with one attached hydrogen (secondary N) is 1. The molecule has 4 heteroatoms. The van der Waals surface area contributed by atoms with Crippen molar-refractivity contribution in [1.82, 2.24) is 10.2 Å². The van der Waals surface area contributed by atoms with E-state index in [0.717, 1.165) is 26.1 Å². The molecule has 2 aromatic rings. The van der Waals surface area contributed by atoms with Crippen LogP contribution >= 0.6 is 0 Å². The molecule has 1 heterocycles. The van der Waals surface area contributed by atoms with Gasteiger partial charge in [0.2, 0.25) is 0 Å². The lowest BCUT2D eigenvalue weighted by Crippen LogP contribution is -2.37. The second-order valence-electron chi connectivity index (χ2n) is 5.88. The van der Waals surface area contributed by atoms with Gasteiger partial charge in [-0.3, -0.25) is 9.69 Å². The molecule has 0 bridgehead atoms. The number of ether oxygens (including phenoxy) is 1. The summed E-state index contributed by atoms with van der Waals surface area (Å²) in [6.45, 7) is 2.82. The van der Waals surface area contributed by atoms with Gasteiger partial charge in [-0.15, -0.1) is 0 Å². The third kappa shape index (κ3) is 3.90. The van der Waals surface area contributed by atoms with Crippen molar-refractivity contribution >= 4 is 5.91 Å². The van der Waals surface area contributed by atoms with Crippen LogP contribution in [0, 0.1) is 0 Å². The van der Waals surface area contributed by atoms with E-state index in [1.165, 1.54) is 5.56 Å². The highest BCUT2D eigenvalue weighted by Gasteiger charge is 2.25. The zero-order valence-corrected chi connectivity index (χ0v) is 13.4. The average Bonchev–Trinajstić information content (AvgIpc) is 3.02. The highest BCUT2D eigenvalue weighted by molar-refractivity contribution is 5.97. The monoisotopic (exact) mass is 310 g/mol. The van der Waals surface area contributed by atoms with Crippen molar-refractivity contribution in [2.45, 2.75) is 19.0 Å². The first-order valence-corrected chi connectivity index (χ1v) is 7.96. The first-order chi connectivity index (χ1) is 11.3. The zero-order valence-electron chi connectivity index (χ0n) is 13.4. The Morgan fingerprint density at radius 3 is 2.70 bits per heavy atom. The number of carbonyl (C=O) groups excluding carboxylic acids is 1. The van der Waals surface area contributed by atoms with E-state index in [2.05, 4.69) is 34.5 Å². The van der Waals surface area contributed by atoms with Crippen LogP contribution in [0.15, 0.2) is 54.6 Å². The largest absolute Gasteiger partial charge is 0.496 e. The summed E-state index contributed by atoms with van der Waals surface area (Å²) in [5, 5.41) is 3.13. The van der Waals surface area contributed by atoms with Crippen LogP contribution in [0.2, 0.25) is 0 Å². The van der Waals surface area contributed by atoms with E-state index in [1.54, 1.807) is 13.2 Å². The van der Waals surface area contributed by atoms with E-state index in [9.17, 15) is 4.79 Å². The van der Waals surface area contributed by atoms with Crippen molar-refractivity contribution in [3.63, 3.8) is 0 Å². The number of carbonyl (C=O) groups is 1. The van der Waals surface area contributed by atoms with Crippen molar-refractivity contribution < 1.29 is 9.53 Å². The molecule has 0 radical (unpaired) electrons. The summed E-state index contributed by atoms with van der Waals surface area (Å²) in [6.07, 6.45) is 0.980. The number of para-hydroxylation sites is 1. The van der Waals surface area contributed by atoms with Crippen molar-refractivity contribution in [2.24, 2.45) is 0 Å². The molecular formula is C19H22N2O2. The molecule has 1 aliphatic rings. The molecule has 3 rings (SSSR count). The number of hydrogen-bond donors (Lipinski definition) is 1. The maximum atomic E-state index is 12.4. The SMILES string of the molecule is COc1ccccc1C(=O)NC1CCN(Cc2ccccc2)C1. The van der Waals surface area contributed by atoms with Crippen LogP contribution in [-0.2, 0) is 6.54 Å². The van der Waals surface area contributed by atoms with Gasteiger partial charge in [-0.25, -0.2) is 0 Å². The Labute approximate surface area is 137 Å². The average molecular weight is 310 g/mol. The second kappa shape index (κ2) is 7.29. The van der Waals surface area contributed by atoms with Crippen LogP contribution in [0.25, 0.3) is 0 Å². The van der Waals surface area contributed by atoms with Crippen LogP contribution in [0.1, 0.15) is 22.3 Å². The zero-order chi connectivity index (χ0) is 16.1. The number of hydrogen-bond acceptors (Lipinski definition) is 3. The molecule has 23 heavy (non-hydrogen) atoms. The lowest BCUT2D eigenvalue weighted by atomic mass is 10.1. The van der Waals surface area contributed by atoms with Crippen molar-refractivity contribution in [3.05, 3.63) is 65.7 Å². The molecule has 1 fully saturated rings. The van der Waals surface area contributed by atoms with Crippen LogP contribution < -0.4 is 10.1 Å². The standard InChI is InChI=1S/C19H22N2O2/c1-23-18-10-6-5-9-17(18)19(22)20-16-11-12-21(14-16)13-15-7-3-2-4-8-15/h2-10,16H,11-14H2,1H3,(H,20,22). The Hall–Kier alpha value is -2.33. The molecule has 1 N–H and O–H groups in total. The first-order valence-electron chi connectivity index (χ1n) is 7.96. The number of likely N-dealkylation sites (tertiary alicyclic amines) is 1. The molecule has 4 nitrogen and oxygen atoms in total. The maximum Gasteiger partial charge on any atom is 0.255 e. The van der Waals surface area contributed by atoms with Gasteiger partial charge in [-0.1, -0.05) is 42.5 Å². The summed E-state index contributed by atoms with van der Waals surface area (Å²) in [6, 6.07) is 18.0. The number of rotatable bonds is 5. The molecule has 120 valence electrons. The van der Waals surface area contributed by atoms with Crippen molar-refractivity contribution in [2.75, 3.05) is 20.2 Å². The number of amides is 1. The van der Waals surface area contributed by atoms with E-state index in [-0.39, 0.29) is 11.9 Å². The normalized spacial score (nSPS) is 17.9. The van der Waals surface area contributed by atoms with E-state index in [1.807, 2.05) is 24.3 Å². The van der Waals surface area contributed by atoms with Crippen LogP contribution in [0.3, 0.4) is 0 Å². The van der Waals surface area contributed by atoms with Gasteiger partial charge in [0.15, 0.2) is 0 Å². The Morgan fingerprint density at radius 2 is 1.91 bits per heavy atom. The van der Waals surface area contributed by atoms with Crippen LogP contribution in [0.5, 0.6) is 5.75 Å². The van der Waals surface area contributed by atoms with E-state index in [0.29, 0.717) is 11.3 Å². The summed E-state index contributed by atoms with van der Waals surface area (Å²) < 4.78 is 5.26. The molecule has 1 saturated heterocycles. The Balaban J connectivity index is 1.56. The minimum atomic E-state index is -0.0611. The van der Waals surface area contributed by atoms with Gasteiger partial charge in [0.1, 0.15) is 5.75 Å². The third-order valence-corrected chi connectivity index (χ3v) is 4.21. The number of methoxy groups -OCH3 is 1. The summed E-state index contributed by atoms with van der Waals surface area (Å²) in [5.41, 5.74) is 1.90. The minimum absolute atomic E-state index is 0.0611. The highest BCUT2D eigenvalue weighted by Crippen LogP contribution is 2.19. The van der Waals surface area contributed by atoms with E-state index >= 15 is 0 Å². The molecule has 1 aliphatic heterocycles. The number of nitrogens with zero attached hydrogens (tertiary/aromatic N) is 1. The van der Waals surface area contributed by atoms with Crippen LogP contribution in [-0.4, -0.2) is 37.0 Å². The summed E-state index contributed by atoms with van der Waals surface area (Å²) in [4.78, 5) is 14.8. The van der Waals surface area contributed by atoms with Gasteiger partial charge >= 0.3 is 0 Å². The molecule has 1 amide bonds. The predicted molar refractivity (Wildman–Crippen MR) is 90.6 cm³/mol. The molecule has 2 aromatic carbocycles. The summed E-state index contributed by atoms with van der Waals surface area (Å²) in [5.74, 6) is 0.554. The Bertz CT molecular complexity index is 657. The van der Waals surface area contributed by atoms with Crippen molar-refractivity contribution in [1.29, 1.82) is 0 Å². The lowest BCUT2D eigenvalue weighted by molar-refractivity contribution is 0.0934. The fraction of sp³-hybridized carbons (Fsp3) is 0.316. The fourth-order valence-corrected chi connectivity index (χ4v) is 3.03. The molecule has 0 aliphatic carbocycles.